The van der Waals surface area contributed by atoms with Crippen molar-refractivity contribution in [2.75, 3.05) is 6.61 Å². The molecule has 0 aliphatic heterocycles. The maximum atomic E-state index is 12.5. The van der Waals surface area contributed by atoms with E-state index in [0.717, 1.165) is 10.8 Å². The predicted molar refractivity (Wildman–Crippen MR) is 95.2 cm³/mol. The van der Waals surface area contributed by atoms with Crippen molar-refractivity contribution in [2.45, 2.75) is 31.7 Å². The van der Waals surface area contributed by atoms with Crippen molar-refractivity contribution in [2.24, 2.45) is 0 Å². The van der Waals surface area contributed by atoms with Gasteiger partial charge in [-0.05, 0) is 39.0 Å². The lowest BCUT2D eigenvalue weighted by atomic mass is 10.1. The molecule has 0 bridgehead atoms. The molecule has 2 aromatic heterocycles. The fourth-order valence-corrected chi connectivity index (χ4v) is 4.14. The number of hydrogen-bond donors (Lipinski definition) is 1. The SMILES string of the molecule is Cc1cc(S(=O)(=O)N[C@@H](C)COc2cccc3cnccc23)c(C)o1. The quantitative estimate of drug-likeness (QED) is 0.730. The van der Waals surface area contributed by atoms with Crippen LogP contribution in [0.4, 0.5) is 0 Å². The Labute approximate surface area is 146 Å². The summed E-state index contributed by atoms with van der Waals surface area (Å²) in [5.74, 6) is 1.63. The summed E-state index contributed by atoms with van der Waals surface area (Å²) in [7, 11) is -3.65. The number of furan rings is 1. The third kappa shape index (κ3) is 3.83. The van der Waals surface area contributed by atoms with E-state index >= 15 is 0 Å². The zero-order chi connectivity index (χ0) is 18.0. The normalized spacial score (nSPS) is 13.1. The van der Waals surface area contributed by atoms with Gasteiger partial charge in [-0.1, -0.05) is 12.1 Å². The van der Waals surface area contributed by atoms with Crippen molar-refractivity contribution in [1.82, 2.24) is 9.71 Å². The van der Waals surface area contributed by atoms with Gasteiger partial charge in [0.05, 0.1) is 6.04 Å². The van der Waals surface area contributed by atoms with Crippen molar-refractivity contribution >= 4 is 20.8 Å². The second-order valence-corrected chi connectivity index (χ2v) is 7.65. The number of nitrogens with one attached hydrogen (secondary N) is 1. The fourth-order valence-electron chi connectivity index (χ4n) is 2.67. The Morgan fingerprint density at radius 3 is 2.80 bits per heavy atom. The van der Waals surface area contributed by atoms with Gasteiger partial charge in [-0.2, -0.15) is 0 Å². The first-order valence-electron chi connectivity index (χ1n) is 7.92. The van der Waals surface area contributed by atoms with E-state index < -0.39 is 16.1 Å². The fraction of sp³-hybridized carbons (Fsp3) is 0.278. The van der Waals surface area contributed by atoms with Crippen molar-refractivity contribution in [1.29, 1.82) is 0 Å². The molecule has 0 unspecified atom stereocenters. The largest absolute Gasteiger partial charge is 0.491 e. The number of ether oxygens (including phenoxy) is 1. The molecule has 3 aromatic rings. The van der Waals surface area contributed by atoms with E-state index in [1.54, 1.807) is 33.2 Å². The van der Waals surface area contributed by atoms with E-state index in [1.165, 1.54) is 6.07 Å². The van der Waals surface area contributed by atoms with Gasteiger partial charge in [0.25, 0.3) is 0 Å². The highest BCUT2D eigenvalue weighted by Crippen LogP contribution is 2.25. The molecule has 1 atom stereocenters. The average molecular weight is 360 g/mol. The molecule has 0 radical (unpaired) electrons. The number of rotatable bonds is 6. The summed E-state index contributed by atoms with van der Waals surface area (Å²) in [5, 5.41) is 1.91. The van der Waals surface area contributed by atoms with Gasteiger partial charge in [0.15, 0.2) is 0 Å². The van der Waals surface area contributed by atoms with Gasteiger partial charge >= 0.3 is 0 Å². The molecule has 6 nitrogen and oxygen atoms in total. The Bertz CT molecular complexity index is 990. The molecule has 1 aromatic carbocycles. The molecule has 0 fully saturated rings. The van der Waals surface area contributed by atoms with Crippen LogP contribution in [0, 0.1) is 13.8 Å². The van der Waals surface area contributed by atoms with E-state index in [4.69, 9.17) is 9.15 Å². The van der Waals surface area contributed by atoms with Gasteiger partial charge in [-0.15, -0.1) is 0 Å². The first-order valence-corrected chi connectivity index (χ1v) is 9.40. The van der Waals surface area contributed by atoms with Crippen LogP contribution < -0.4 is 9.46 Å². The van der Waals surface area contributed by atoms with Crippen LogP contribution in [-0.2, 0) is 10.0 Å². The van der Waals surface area contributed by atoms with E-state index in [9.17, 15) is 8.42 Å². The minimum Gasteiger partial charge on any atom is -0.491 e. The van der Waals surface area contributed by atoms with Crippen LogP contribution in [0.15, 0.2) is 52.0 Å². The van der Waals surface area contributed by atoms with Crippen LogP contribution in [0.25, 0.3) is 10.8 Å². The molecule has 7 heteroatoms. The summed E-state index contributed by atoms with van der Waals surface area (Å²) < 4.78 is 38.7. The highest BCUT2D eigenvalue weighted by Gasteiger charge is 2.22. The molecule has 0 aliphatic carbocycles. The zero-order valence-electron chi connectivity index (χ0n) is 14.3. The summed E-state index contributed by atoms with van der Waals surface area (Å²) in [6, 6.07) is 8.67. The highest BCUT2D eigenvalue weighted by molar-refractivity contribution is 7.89. The number of benzene rings is 1. The van der Waals surface area contributed by atoms with E-state index in [0.29, 0.717) is 17.3 Å². The molecular formula is C18H20N2O4S. The number of hydrogen-bond acceptors (Lipinski definition) is 5. The van der Waals surface area contributed by atoms with Crippen LogP contribution in [0.3, 0.4) is 0 Å². The molecule has 132 valence electrons. The molecule has 25 heavy (non-hydrogen) atoms. The number of sulfonamides is 1. The van der Waals surface area contributed by atoms with Crippen molar-refractivity contribution in [3.05, 3.63) is 54.2 Å². The van der Waals surface area contributed by atoms with Gasteiger partial charge in [0.2, 0.25) is 10.0 Å². The van der Waals surface area contributed by atoms with Crippen LogP contribution in [-0.4, -0.2) is 26.1 Å². The summed E-state index contributed by atoms with van der Waals surface area (Å²) >= 11 is 0. The Morgan fingerprint density at radius 1 is 1.28 bits per heavy atom. The van der Waals surface area contributed by atoms with Gasteiger partial charge < -0.3 is 9.15 Å². The zero-order valence-corrected chi connectivity index (χ0v) is 15.1. The molecule has 0 spiro atoms. The second kappa shape index (κ2) is 6.85. The number of nitrogens with zero attached hydrogens (tertiary/aromatic N) is 1. The third-order valence-electron chi connectivity index (χ3n) is 3.77. The number of pyridine rings is 1. The average Bonchev–Trinajstić information content (AvgIpc) is 2.92. The van der Waals surface area contributed by atoms with E-state index in [2.05, 4.69) is 9.71 Å². The number of aryl methyl sites for hydroxylation is 2. The minimum absolute atomic E-state index is 0.160. The first kappa shape index (κ1) is 17.4. The van der Waals surface area contributed by atoms with Gasteiger partial charge in [0.1, 0.15) is 28.8 Å². The molecule has 2 heterocycles. The second-order valence-electron chi connectivity index (χ2n) is 5.96. The van der Waals surface area contributed by atoms with Crippen LogP contribution in [0.1, 0.15) is 18.4 Å². The Hall–Kier alpha value is -2.38. The third-order valence-corrected chi connectivity index (χ3v) is 5.47. The van der Waals surface area contributed by atoms with Crippen LogP contribution in [0.5, 0.6) is 5.75 Å². The topological polar surface area (TPSA) is 81.4 Å². The van der Waals surface area contributed by atoms with Gasteiger partial charge in [-0.3, -0.25) is 4.98 Å². The summed E-state index contributed by atoms with van der Waals surface area (Å²) in [6.07, 6.45) is 3.46. The molecule has 0 saturated carbocycles. The van der Waals surface area contributed by atoms with Crippen LogP contribution in [0.2, 0.25) is 0 Å². The molecule has 3 rings (SSSR count). The summed E-state index contributed by atoms with van der Waals surface area (Å²) in [5.41, 5.74) is 0. The Balaban J connectivity index is 1.70. The maximum Gasteiger partial charge on any atom is 0.244 e. The molecule has 0 aliphatic rings. The standard InChI is InChI=1S/C18H20N2O4S/c1-12(20-25(21,22)18-9-13(2)24-14(18)3)11-23-17-6-4-5-15-10-19-8-7-16(15)17/h4-10,12,20H,11H2,1-3H3/t12-/m0/s1. The lowest BCUT2D eigenvalue weighted by molar-refractivity contribution is 0.290. The van der Waals surface area contributed by atoms with Crippen molar-refractivity contribution in [3.63, 3.8) is 0 Å². The van der Waals surface area contributed by atoms with E-state index in [1.807, 2.05) is 24.3 Å². The molecule has 0 amide bonds. The smallest absolute Gasteiger partial charge is 0.244 e. The minimum atomic E-state index is -3.65. The molecule has 1 N–H and O–H groups in total. The van der Waals surface area contributed by atoms with Crippen molar-refractivity contribution in [3.8, 4) is 5.75 Å². The lowest BCUT2D eigenvalue weighted by Crippen LogP contribution is -2.36. The van der Waals surface area contributed by atoms with E-state index in [-0.39, 0.29) is 11.5 Å². The Morgan fingerprint density at radius 2 is 2.08 bits per heavy atom. The maximum absolute atomic E-state index is 12.5. The summed E-state index contributed by atoms with van der Waals surface area (Å²) in [4.78, 5) is 4.25. The molecule has 0 saturated heterocycles. The molecular weight excluding hydrogens is 340 g/mol. The van der Waals surface area contributed by atoms with Crippen molar-refractivity contribution < 1.29 is 17.6 Å². The number of aromatic nitrogens is 1. The summed E-state index contributed by atoms with van der Waals surface area (Å²) in [6.45, 7) is 5.31. The van der Waals surface area contributed by atoms with Gasteiger partial charge in [0, 0.05) is 23.2 Å². The Kier molecular flexibility index (Phi) is 4.78. The van der Waals surface area contributed by atoms with Gasteiger partial charge in [-0.25, -0.2) is 13.1 Å². The predicted octanol–water partition coefficient (Wildman–Crippen LogP) is 3.19. The van der Waals surface area contributed by atoms with Crippen LogP contribution >= 0.6 is 0 Å². The first-order chi connectivity index (χ1) is 11.9. The monoisotopic (exact) mass is 360 g/mol. The number of fused-ring (bicyclic) bond motifs is 1. The highest BCUT2D eigenvalue weighted by atomic mass is 32.2. The lowest BCUT2D eigenvalue weighted by Gasteiger charge is -2.16.